The number of rotatable bonds is 3. The van der Waals surface area contributed by atoms with Crippen LogP contribution < -0.4 is 0 Å². The molecule has 1 N–H and O–H groups in total. The molecule has 0 saturated heterocycles. The zero-order valence-corrected chi connectivity index (χ0v) is 10.1. The van der Waals surface area contributed by atoms with Gasteiger partial charge >= 0.3 is 0 Å². The van der Waals surface area contributed by atoms with E-state index in [2.05, 4.69) is 36.8 Å². The first kappa shape index (κ1) is 12.0. The molecule has 1 rings (SSSR count). The maximum Gasteiger partial charge on any atom is 0.265 e. The Morgan fingerprint density at radius 2 is 2.07 bits per heavy atom. The van der Waals surface area contributed by atoms with Crippen LogP contribution in [0.3, 0.4) is 0 Å². The van der Waals surface area contributed by atoms with Gasteiger partial charge in [-0.2, -0.15) is 0 Å². The summed E-state index contributed by atoms with van der Waals surface area (Å²) in [6, 6.07) is 1.29. The van der Waals surface area contributed by atoms with Crippen LogP contribution in [-0.2, 0) is 11.9 Å². The number of hydrogen-bond acceptors (Lipinski definition) is 2. The smallest absolute Gasteiger partial charge is 0.265 e. The van der Waals surface area contributed by atoms with Gasteiger partial charge in [-0.25, -0.2) is 8.78 Å². The van der Waals surface area contributed by atoms with Crippen LogP contribution in [0.2, 0.25) is 0 Å². The second-order valence-corrected chi connectivity index (χ2v) is 3.96. The highest BCUT2D eigenvalue weighted by molar-refractivity contribution is 9.10. The standard InChI is InChI=1S/C8H7Br2F2NO/c9-2-6-4(8(11)12)1-5(10)7(3-14)13-6/h1,8,14H,2-3H2. The van der Waals surface area contributed by atoms with Crippen molar-refractivity contribution in [3.05, 3.63) is 27.5 Å². The largest absolute Gasteiger partial charge is 0.390 e. The van der Waals surface area contributed by atoms with E-state index in [0.717, 1.165) is 0 Å². The minimum Gasteiger partial charge on any atom is -0.390 e. The van der Waals surface area contributed by atoms with Crippen LogP contribution in [0.1, 0.15) is 23.4 Å². The Hall–Kier alpha value is -0.0700. The lowest BCUT2D eigenvalue weighted by Gasteiger charge is -2.09. The van der Waals surface area contributed by atoms with Crippen molar-refractivity contribution >= 4 is 31.9 Å². The van der Waals surface area contributed by atoms with Gasteiger partial charge < -0.3 is 5.11 Å². The number of halogens is 4. The number of hydrogen-bond donors (Lipinski definition) is 1. The van der Waals surface area contributed by atoms with Crippen LogP contribution in [0.5, 0.6) is 0 Å². The monoisotopic (exact) mass is 329 g/mol. The average molecular weight is 331 g/mol. The van der Waals surface area contributed by atoms with Crippen molar-refractivity contribution in [2.45, 2.75) is 18.4 Å². The quantitative estimate of drug-likeness (QED) is 0.863. The van der Waals surface area contributed by atoms with E-state index in [1.807, 2.05) is 0 Å². The highest BCUT2D eigenvalue weighted by Crippen LogP contribution is 2.28. The third-order valence-corrected chi connectivity index (χ3v) is 2.89. The maximum atomic E-state index is 12.5. The van der Waals surface area contributed by atoms with Crippen LogP contribution in [-0.4, -0.2) is 10.1 Å². The van der Waals surface area contributed by atoms with Gasteiger partial charge in [-0.3, -0.25) is 4.98 Å². The van der Waals surface area contributed by atoms with Crippen molar-refractivity contribution in [1.82, 2.24) is 4.98 Å². The lowest BCUT2D eigenvalue weighted by atomic mass is 10.2. The van der Waals surface area contributed by atoms with Crippen LogP contribution in [0, 0.1) is 0 Å². The van der Waals surface area contributed by atoms with Crippen molar-refractivity contribution in [2.75, 3.05) is 0 Å². The average Bonchev–Trinajstić information content (AvgIpc) is 2.17. The number of nitrogens with zero attached hydrogens (tertiary/aromatic N) is 1. The Kier molecular flexibility index (Phi) is 4.40. The maximum absolute atomic E-state index is 12.5. The minimum absolute atomic E-state index is 0.119. The van der Waals surface area contributed by atoms with Gasteiger partial charge in [-0.15, -0.1) is 0 Å². The predicted octanol–water partition coefficient (Wildman–Crippen LogP) is 3.17. The lowest BCUT2D eigenvalue weighted by molar-refractivity contribution is 0.149. The Morgan fingerprint density at radius 3 is 2.50 bits per heavy atom. The van der Waals surface area contributed by atoms with Crippen molar-refractivity contribution in [2.24, 2.45) is 0 Å². The molecule has 0 spiro atoms. The molecule has 0 bridgehead atoms. The first-order valence-corrected chi connectivity index (χ1v) is 5.64. The number of aromatic nitrogens is 1. The molecule has 0 aromatic carbocycles. The molecule has 0 unspecified atom stereocenters. The van der Waals surface area contributed by atoms with E-state index in [1.165, 1.54) is 6.07 Å². The first-order chi connectivity index (χ1) is 6.60. The summed E-state index contributed by atoms with van der Waals surface area (Å²) in [5, 5.41) is 9.12. The zero-order valence-electron chi connectivity index (χ0n) is 6.98. The SMILES string of the molecule is OCc1nc(CBr)c(C(F)F)cc1Br. The van der Waals surface area contributed by atoms with Crippen LogP contribution in [0.4, 0.5) is 8.78 Å². The van der Waals surface area contributed by atoms with E-state index in [4.69, 9.17) is 5.11 Å². The Morgan fingerprint density at radius 1 is 1.43 bits per heavy atom. The Bertz CT molecular complexity index is 333. The van der Waals surface area contributed by atoms with E-state index in [-0.39, 0.29) is 23.2 Å². The summed E-state index contributed by atoms with van der Waals surface area (Å²) in [5.41, 5.74) is 0.502. The van der Waals surface area contributed by atoms with Gasteiger partial charge in [0, 0.05) is 15.4 Å². The molecule has 0 aliphatic heterocycles. The lowest BCUT2D eigenvalue weighted by Crippen LogP contribution is -2.01. The summed E-state index contributed by atoms with van der Waals surface area (Å²) in [6.07, 6.45) is -2.56. The van der Waals surface area contributed by atoms with E-state index in [0.29, 0.717) is 10.2 Å². The predicted molar refractivity (Wildman–Crippen MR) is 55.4 cm³/mol. The molecule has 0 fully saturated rings. The van der Waals surface area contributed by atoms with Crippen molar-refractivity contribution in [1.29, 1.82) is 0 Å². The van der Waals surface area contributed by atoms with E-state index >= 15 is 0 Å². The summed E-state index contributed by atoms with van der Waals surface area (Å²) in [6.45, 7) is -0.274. The second kappa shape index (κ2) is 5.14. The van der Waals surface area contributed by atoms with Gasteiger partial charge in [0.05, 0.1) is 18.0 Å². The van der Waals surface area contributed by atoms with Crippen LogP contribution >= 0.6 is 31.9 Å². The third kappa shape index (κ3) is 2.49. The molecule has 2 nitrogen and oxygen atoms in total. The van der Waals surface area contributed by atoms with Crippen LogP contribution in [0.15, 0.2) is 10.5 Å². The molecule has 0 atom stereocenters. The molecular weight excluding hydrogens is 324 g/mol. The van der Waals surface area contributed by atoms with Gasteiger partial charge in [0.15, 0.2) is 0 Å². The Balaban J connectivity index is 3.24. The fraction of sp³-hybridized carbons (Fsp3) is 0.375. The van der Waals surface area contributed by atoms with E-state index in [1.54, 1.807) is 0 Å². The molecule has 1 aromatic heterocycles. The fourth-order valence-corrected chi connectivity index (χ4v) is 1.90. The number of aliphatic hydroxyl groups is 1. The number of alkyl halides is 3. The van der Waals surface area contributed by atoms with Crippen molar-refractivity contribution in [3.8, 4) is 0 Å². The summed E-state index contributed by atoms with van der Waals surface area (Å²) >= 11 is 6.14. The van der Waals surface area contributed by atoms with E-state index < -0.39 is 6.43 Å². The van der Waals surface area contributed by atoms with Gasteiger partial charge in [-0.1, -0.05) is 15.9 Å². The number of pyridine rings is 1. The molecule has 78 valence electrons. The summed E-state index contributed by atoms with van der Waals surface area (Å²) in [7, 11) is 0. The normalized spacial score (nSPS) is 11.0. The second-order valence-electron chi connectivity index (χ2n) is 2.55. The molecule has 0 saturated carbocycles. The molecular formula is C8H7Br2F2NO. The molecule has 6 heteroatoms. The molecule has 0 radical (unpaired) electrons. The Labute approximate surface area is 96.6 Å². The third-order valence-electron chi connectivity index (χ3n) is 1.67. The van der Waals surface area contributed by atoms with Gasteiger partial charge in [0.25, 0.3) is 6.43 Å². The highest BCUT2D eigenvalue weighted by Gasteiger charge is 2.16. The highest BCUT2D eigenvalue weighted by atomic mass is 79.9. The van der Waals surface area contributed by atoms with Gasteiger partial charge in [-0.05, 0) is 22.0 Å². The van der Waals surface area contributed by atoms with Gasteiger partial charge in [0.1, 0.15) is 0 Å². The molecule has 14 heavy (non-hydrogen) atoms. The molecule has 0 aliphatic carbocycles. The minimum atomic E-state index is -2.56. The summed E-state index contributed by atoms with van der Waals surface area (Å²) in [5.74, 6) is 0. The topological polar surface area (TPSA) is 33.1 Å². The number of aliphatic hydroxyl groups excluding tert-OH is 1. The molecule has 1 aromatic rings. The van der Waals surface area contributed by atoms with Crippen molar-refractivity contribution < 1.29 is 13.9 Å². The van der Waals surface area contributed by atoms with E-state index in [9.17, 15) is 8.78 Å². The zero-order chi connectivity index (χ0) is 10.7. The first-order valence-electron chi connectivity index (χ1n) is 3.73. The fourth-order valence-electron chi connectivity index (χ4n) is 0.991. The molecule has 1 heterocycles. The molecule has 0 amide bonds. The van der Waals surface area contributed by atoms with Crippen LogP contribution in [0.25, 0.3) is 0 Å². The molecule has 0 aliphatic rings. The summed E-state index contributed by atoms with van der Waals surface area (Å²) < 4.78 is 25.4. The van der Waals surface area contributed by atoms with Crippen molar-refractivity contribution in [3.63, 3.8) is 0 Å². The van der Waals surface area contributed by atoms with Gasteiger partial charge in [0.2, 0.25) is 0 Å². The summed E-state index contributed by atoms with van der Waals surface area (Å²) in [4.78, 5) is 3.91.